The van der Waals surface area contributed by atoms with E-state index >= 15 is 0 Å². The second-order valence-electron chi connectivity index (χ2n) is 4.10. The van der Waals surface area contributed by atoms with Crippen LogP contribution < -0.4 is 5.32 Å². The number of carbonyl (C=O) groups is 1. The third-order valence-electron chi connectivity index (χ3n) is 3.02. The summed E-state index contributed by atoms with van der Waals surface area (Å²) in [6, 6.07) is 0.212. The van der Waals surface area contributed by atoms with E-state index in [-0.39, 0.29) is 18.2 Å². The lowest BCUT2D eigenvalue weighted by molar-refractivity contribution is 0.110. The summed E-state index contributed by atoms with van der Waals surface area (Å²) in [5.41, 5.74) is 0. The van der Waals surface area contributed by atoms with Crippen LogP contribution in [0.1, 0.15) is 12.8 Å². The van der Waals surface area contributed by atoms with E-state index in [1.807, 2.05) is 4.90 Å². The maximum Gasteiger partial charge on any atom is 0.317 e. The Labute approximate surface area is 89.7 Å². The molecule has 2 aliphatic rings. The first kappa shape index (κ1) is 10.7. The van der Waals surface area contributed by atoms with Crippen LogP contribution in [-0.2, 0) is 9.47 Å². The number of urea groups is 1. The number of carbonyl (C=O) groups excluding carboxylic acids is 1. The van der Waals surface area contributed by atoms with Gasteiger partial charge in [-0.05, 0) is 12.8 Å². The van der Waals surface area contributed by atoms with Gasteiger partial charge < -0.3 is 19.7 Å². The highest BCUT2D eigenvalue weighted by Gasteiger charge is 2.28. The van der Waals surface area contributed by atoms with Gasteiger partial charge in [0.05, 0.1) is 18.8 Å². The smallest absolute Gasteiger partial charge is 0.317 e. The van der Waals surface area contributed by atoms with Crippen LogP contribution in [0.5, 0.6) is 0 Å². The summed E-state index contributed by atoms with van der Waals surface area (Å²) < 4.78 is 10.4. The Morgan fingerprint density at radius 1 is 1.53 bits per heavy atom. The quantitative estimate of drug-likeness (QED) is 0.714. The molecule has 86 valence electrons. The van der Waals surface area contributed by atoms with Crippen molar-refractivity contribution < 1.29 is 14.3 Å². The molecule has 2 heterocycles. The van der Waals surface area contributed by atoms with Gasteiger partial charge in [-0.25, -0.2) is 4.79 Å². The normalized spacial score (nSPS) is 30.9. The van der Waals surface area contributed by atoms with Crippen LogP contribution in [0, 0.1) is 0 Å². The molecule has 2 fully saturated rings. The summed E-state index contributed by atoms with van der Waals surface area (Å²) in [5.74, 6) is 0. The van der Waals surface area contributed by atoms with Crippen molar-refractivity contribution in [3.05, 3.63) is 0 Å². The minimum atomic E-state index is 0.0186. The molecule has 2 atom stereocenters. The molecule has 2 unspecified atom stereocenters. The molecule has 2 rings (SSSR count). The van der Waals surface area contributed by atoms with E-state index in [1.165, 1.54) is 0 Å². The summed E-state index contributed by atoms with van der Waals surface area (Å²) in [4.78, 5) is 13.6. The number of rotatable bonds is 2. The van der Waals surface area contributed by atoms with Gasteiger partial charge in [0, 0.05) is 26.8 Å². The van der Waals surface area contributed by atoms with Gasteiger partial charge in [-0.3, -0.25) is 0 Å². The Hall–Kier alpha value is -0.810. The van der Waals surface area contributed by atoms with Gasteiger partial charge in [-0.2, -0.15) is 0 Å². The Kier molecular flexibility index (Phi) is 3.43. The molecule has 5 heteroatoms. The number of ether oxygens (including phenoxy) is 2. The molecule has 2 amide bonds. The monoisotopic (exact) mass is 214 g/mol. The van der Waals surface area contributed by atoms with Gasteiger partial charge in [0.15, 0.2) is 0 Å². The number of amides is 2. The van der Waals surface area contributed by atoms with Crippen LogP contribution in [0.3, 0.4) is 0 Å². The molecule has 0 aromatic carbocycles. The minimum absolute atomic E-state index is 0.0186. The van der Waals surface area contributed by atoms with E-state index in [9.17, 15) is 4.79 Å². The first-order valence-electron chi connectivity index (χ1n) is 5.45. The molecule has 5 nitrogen and oxygen atoms in total. The van der Waals surface area contributed by atoms with E-state index in [0.29, 0.717) is 13.2 Å². The lowest BCUT2D eigenvalue weighted by Crippen LogP contribution is -2.44. The summed E-state index contributed by atoms with van der Waals surface area (Å²) in [6.07, 6.45) is 2.06. The van der Waals surface area contributed by atoms with Crippen LogP contribution in [0.15, 0.2) is 0 Å². The highest BCUT2D eigenvalue weighted by Crippen LogP contribution is 2.12. The summed E-state index contributed by atoms with van der Waals surface area (Å²) in [6.45, 7) is 2.90. The highest BCUT2D eigenvalue weighted by atomic mass is 16.5. The van der Waals surface area contributed by atoms with Crippen molar-refractivity contribution in [2.45, 2.75) is 25.0 Å². The van der Waals surface area contributed by atoms with Gasteiger partial charge >= 0.3 is 6.03 Å². The van der Waals surface area contributed by atoms with Gasteiger partial charge in [-0.1, -0.05) is 0 Å². The standard InChI is InChI=1S/C10H18N2O3/c1-14-9-2-4-12(6-9)10(13)11-8-3-5-15-7-8/h8-9H,2-7H2,1H3,(H,11,13). The largest absolute Gasteiger partial charge is 0.380 e. The maximum absolute atomic E-state index is 11.8. The zero-order chi connectivity index (χ0) is 10.7. The average molecular weight is 214 g/mol. The topological polar surface area (TPSA) is 50.8 Å². The second-order valence-corrected chi connectivity index (χ2v) is 4.10. The van der Waals surface area contributed by atoms with Crippen LogP contribution in [0.25, 0.3) is 0 Å². The maximum atomic E-state index is 11.8. The molecule has 0 bridgehead atoms. The van der Waals surface area contributed by atoms with E-state index in [2.05, 4.69) is 5.32 Å². The van der Waals surface area contributed by atoms with Gasteiger partial charge in [0.25, 0.3) is 0 Å². The molecule has 15 heavy (non-hydrogen) atoms. The molecule has 0 aliphatic carbocycles. The van der Waals surface area contributed by atoms with Crippen LogP contribution >= 0.6 is 0 Å². The molecule has 2 saturated heterocycles. The molecule has 0 saturated carbocycles. The van der Waals surface area contributed by atoms with Crippen molar-refractivity contribution in [2.75, 3.05) is 33.4 Å². The van der Waals surface area contributed by atoms with E-state index in [4.69, 9.17) is 9.47 Å². The lowest BCUT2D eigenvalue weighted by Gasteiger charge is -2.19. The molecule has 0 radical (unpaired) electrons. The lowest BCUT2D eigenvalue weighted by atomic mass is 10.3. The number of methoxy groups -OCH3 is 1. The predicted octanol–water partition coefficient (Wildman–Crippen LogP) is 0.206. The third-order valence-corrected chi connectivity index (χ3v) is 3.02. The molecular weight excluding hydrogens is 196 g/mol. The number of hydrogen-bond donors (Lipinski definition) is 1. The van der Waals surface area contributed by atoms with Gasteiger partial charge in [-0.15, -0.1) is 0 Å². The number of nitrogens with one attached hydrogen (secondary N) is 1. The Bertz CT molecular complexity index is 229. The Morgan fingerprint density at radius 3 is 3.00 bits per heavy atom. The van der Waals surface area contributed by atoms with Crippen LogP contribution in [0.4, 0.5) is 4.79 Å². The summed E-state index contributed by atoms with van der Waals surface area (Å²) >= 11 is 0. The third kappa shape index (κ3) is 2.60. The SMILES string of the molecule is COC1CCN(C(=O)NC2CCOC2)C1. The van der Waals surface area contributed by atoms with Gasteiger partial charge in [0.2, 0.25) is 0 Å². The van der Waals surface area contributed by atoms with E-state index in [0.717, 1.165) is 26.0 Å². The zero-order valence-electron chi connectivity index (χ0n) is 9.07. The fourth-order valence-corrected chi connectivity index (χ4v) is 2.02. The summed E-state index contributed by atoms with van der Waals surface area (Å²) in [5, 5.41) is 2.97. The molecule has 2 aliphatic heterocycles. The fourth-order valence-electron chi connectivity index (χ4n) is 2.02. The highest BCUT2D eigenvalue weighted by molar-refractivity contribution is 5.74. The molecule has 0 spiro atoms. The first-order chi connectivity index (χ1) is 7.29. The minimum Gasteiger partial charge on any atom is -0.380 e. The van der Waals surface area contributed by atoms with Crippen molar-refractivity contribution in [1.82, 2.24) is 10.2 Å². The predicted molar refractivity (Wildman–Crippen MR) is 54.7 cm³/mol. The van der Waals surface area contributed by atoms with Crippen LogP contribution in [-0.4, -0.2) is 56.5 Å². The van der Waals surface area contributed by atoms with Crippen molar-refractivity contribution >= 4 is 6.03 Å². The van der Waals surface area contributed by atoms with Crippen molar-refractivity contribution in [1.29, 1.82) is 0 Å². The number of hydrogen-bond acceptors (Lipinski definition) is 3. The van der Waals surface area contributed by atoms with E-state index in [1.54, 1.807) is 7.11 Å². The Balaban J connectivity index is 1.76. The fraction of sp³-hybridized carbons (Fsp3) is 0.900. The molecule has 1 N–H and O–H groups in total. The average Bonchev–Trinajstić information content (AvgIpc) is 2.86. The van der Waals surface area contributed by atoms with Crippen molar-refractivity contribution in [3.63, 3.8) is 0 Å². The van der Waals surface area contributed by atoms with Crippen LogP contribution in [0.2, 0.25) is 0 Å². The Morgan fingerprint density at radius 2 is 2.40 bits per heavy atom. The van der Waals surface area contributed by atoms with Gasteiger partial charge in [0.1, 0.15) is 0 Å². The zero-order valence-corrected chi connectivity index (χ0v) is 9.07. The van der Waals surface area contributed by atoms with E-state index < -0.39 is 0 Å². The number of nitrogens with zero attached hydrogens (tertiary/aromatic N) is 1. The first-order valence-corrected chi connectivity index (χ1v) is 5.45. The number of likely N-dealkylation sites (tertiary alicyclic amines) is 1. The summed E-state index contributed by atoms with van der Waals surface area (Å²) in [7, 11) is 1.69. The van der Waals surface area contributed by atoms with Crippen molar-refractivity contribution in [3.8, 4) is 0 Å². The molecule has 0 aromatic heterocycles. The second kappa shape index (κ2) is 4.81. The van der Waals surface area contributed by atoms with Crippen molar-refractivity contribution in [2.24, 2.45) is 0 Å². The molecular formula is C10H18N2O3. The molecule has 0 aromatic rings.